The highest BCUT2D eigenvalue weighted by Gasteiger charge is 2.47. The minimum Gasteiger partial charge on any atom is -0.475 e. The summed E-state index contributed by atoms with van der Waals surface area (Å²) in [7, 11) is 1.75. The van der Waals surface area contributed by atoms with Gasteiger partial charge in [0.2, 0.25) is 5.88 Å². The Hall–Kier alpha value is -4.29. The van der Waals surface area contributed by atoms with Gasteiger partial charge in [-0.05, 0) is 18.2 Å². The van der Waals surface area contributed by atoms with Crippen LogP contribution in [0.5, 0.6) is 5.88 Å². The maximum Gasteiger partial charge on any atom is 0.490 e. The molecule has 1 fully saturated rings. The first-order valence-corrected chi connectivity index (χ1v) is 11.3. The lowest BCUT2D eigenvalue weighted by atomic mass is 10.0. The zero-order valence-corrected chi connectivity index (χ0v) is 19.8. The number of amides is 1. The van der Waals surface area contributed by atoms with Gasteiger partial charge in [-0.1, -0.05) is 36.4 Å². The zero-order chi connectivity index (χ0) is 27.7. The van der Waals surface area contributed by atoms with E-state index >= 15 is 0 Å². The van der Waals surface area contributed by atoms with Crippen molar-refractivity contribution >= 4 is 33.7 Å². The number of hydrogen-bond donors (Lipinski definition) is 1. The van der Waals surface area contributed by atoms with Crippen LogP contribution in [0.1, 0.15) is 16.9 Å². The largest absolute Gasteiger partial charge is 0.490 e. The number of aromatic nitrogens is 3. The second kappa shape index (κ2) is 10.2. The molecule has 0 saturated carbocycles. The number of carboxylic acid groups (broad SMARTS) is 1. The van der Waals surface area contributed by atoms with Crippen molar-refractivity contribution in [3.05, 3.63) is 66.4 Å². The number of piperidine rings is 1. The number of carbonyl (C=O) groups is 2. The number of aryl methyl sites for hydroxylation is 1. The molecule has 0 aliphatic carbocycles. The first-order chi connectivity index (χ1) is 17.9. The molecule has 1 amide bonds. The Kier molecular flexibility index (Phi) is 7.20. The average Bonchev–Trinajstić information content (AvgIpc) is 3.21. The fourth-order valence-electron chi connectivity index (χ4n) is 3.96. The van der Waals surface area contributed by atoms with E-state index in [2.05, 4.69) is 10.1 Å². The van der Waals surface area contributed by atoms with Gasteiger partial charge < -0.3 is 14.7 Å². The Morgan fingerprint density at radius 1 is 1.05 bits per heavy atom. The Morgan fingerprint density at radius 3 is 2.42 bits per heavy atom. The van der Waals surface area contributed by atoms with E-state index in [-0.39, 0.29) is 30.6 Å². The summed E-state index contributed by atoms with van der Waals surface area (Å²) in [6, 6.07) is 18.1. The molecular weight excluding hydrogens is 515 g/mol. The molecule has 3 heterocycles. The number of ether oxygens (including phenoxy) is 1. The summed E-state index contributed by atoms with van der Waals surface area (Å²) in [4.78, 5) is 27.8. The van der Waals surface area contributed by atoms with Crippen molar-refractivity contribution < 1.29 is 41.4 Å². The molecule has 0 radical (unpaired) electrons. The number of fused-ring (bicyclic) bond motifs is 2. The molecule has 5 rings (SSSR count). The van der Waals surface area contributed by atoms with E-state index in [0.717, 1.165) is 10.9 Å². The van der Waals surface area contributed by atoms with Crippen LogP contribution in [0.15, 0.2) is 60.7 Å². The number of carboxylic acids is 1. The highest BCUT2D eigenvalue weighted by atomic mass is 19.4. The third-order valence-corrected chi connectivity index (χ3v) is 5.90. The van der Waals surface area contributed by atoms with Crippen molar-refractivity contribution in [3.8, 4) is 5.88 Å². The molecule has 1 atom stereocenters. The smallest absolute Gasteiger partial charge is 0.475 e. The molecular formula is C25H21F5N4O4. The average molecular weight is 536 g/mol. The van der Waals surface area contributed by atoms with Crippen LogP contribution in [0.25, 0.3) is 21.8 Å². The van der Waals surface area contributed by atoms with Crippen LogP contribution in [-0.4, -0.2) is 67.9 Å². The SMILES string of the molecule is Cn1nc(C(=O)N2CCC(F)(F)[C@@H](Oc3ccc4ccccc4n3)C2)c2ccccc21.O=C(O)C(F)(F)F. The van der Waals surface area contributed by atoms with Gasteiger partial charge in [0.25, 0.3) is 11.8 Å². The number of halogens is 5. The number of pyridine rings is 1. The standard InChI is InChI=1S/C23H20F2N4O2.C2HF3O2/c1-28-18-9-5-3-7-16(18)21(27-28)22(30)29-13-12-23(24,25)19(14-29)31-20-11-10-15-6-2-4-8-17(15)26-20;3-2(4,5)1(6)7/h2-11,19H,12-14H2,1H3;(H,6,7)/t19-;/m0./s1. The van der Waals surface area contributed by atoms with E-state index in [1.165, 1.54) is 4.90 Å². The Balaban J connectivity index is 0.000000426. The molecule has 1 saturated heterocycles. The van der Waals surface area contributed by atoms with Crippen molar-refractivity contribution in [1.82, 2.24) is 19.7 Å². The summed E-state index contributed by atoms with van der Waals surface area (Å²) in [6.45, 7) is -0.313. The number of carbonyl (C=O) groups excluding carboxylic acids is 1. The van der Waals surface area contributed by atoms with Crippen LogP contribution in [0.4, 0.5) is 22.0 Å². The second-order valence-corrected chi connectivity index (χ2v) is 8.50. The fraction of sp³-hybridized carbons (Fsp3) is 0.280. The van der Waals surface area contributed by atoms with Gasteiger partial charge in [-0.2, -0.15) is 18.3 Å². The van der Waals surface area contributed by atoms with Crippen molar-refractivity contribution in [2.45, 2.75) is 24.6 Å². The van der Waals surface area contributed by atoms with E-state index in [1.54, 1.807) is 36.0 Å². The number of nitrogens with zero attached hydrogens (tertiary/aromatic N) is 4. The molecule has 4 aromatic rings. The highest BCUT2D eigenvalue weighted by molar-refractivity contribution is 6.04. The summed E-state index contributed by atoms with van der Waals surface area (Å²) < 4.78 is 68.3. The predicted molar refractivity (Wildman–Crippen MR) is 126 cm³/mol. The van der Waals surface area contributed by atoms with Crippen molar-refractivity contribution in [1.29, 1.82) is 0 Å². The number of benzene rings is 2. The summed E-state index contributed by atoms with van der Waals surface area (Å²) >= 11 is 0. The van der Waals surface area contributed by atoms with Gasteiger partial charge in [0.1, 0.15) is 0 Å². The van der Waals surface area contributed by atoms with Crippen molar-refractivity contribution in [2.24, 2.45) is 7.05 Å². The van der Waals surface area contributed by atoms with Crippen molar-refractivity contribution in [2.75, 3.05) is 13.1 Å². The maximum atomic E-state index is 14.7. The lowest BCUT2D eigenvalue weighted by molar-refractivity contribution is -0.192. The minimum absolute atomic E-state index is 0.0677. The summed E-state index contributed by atoms with van der Waals surface area (Å²) in [6.07, 6.45) is -7.06. The van der Waals surface area contributed by atoms with Gasteiger partial charge in [-0.25, -0.2) is 18.6 Å². The third-order valence-electron chi connectivity index (χ3n) is 5.90. The molecule has 13 heteroatoms. The van der Waals surface area contributed by atoms with Crippen molar-refractivity contribution in [3.63, 3.8) is 0 Å². The number of aliphatic carboxylic acids is 1. The molecule has 0 unspecified atom stereocenters. The number of rotatable bonds is 3. The molecule has 1 aliphatic heterocycles. The number of likely N-dealkylation sites (tertiary alicyclic amines) is 1. The van der Waals surface area contributed by atoms with Crippen LogP contribution in [0, 0.1) is 0 Å². The molecule has 1 aliphatic rings. The highest BCUT2D eigenvalue weighted by Crippen LogP contribution is 2.33. The number of hydrogen-bond acceptors (Lipinski definition) is 5. The molecule has 2 aromatic heterocycles. The van der Waals surface area contributed by atoms with E-state index < -0.39 is 30.6 Å². The molecule has 0 spiro atoms. The molecule has 38 heavy (non-hydrogen) atoms. The fourth-order valence-corrected chi connectivity index (χ4v) is 3.96. The van der Waals surface area contributed by atoms with Crippen LogP contribution in [0.3, 0.4) is 0 Å². The van der Waals surface area contributed by atoms with Gasteiger partial charge in [0.15, 0.2) is 11.8 Å². The van der Waals surface area contributed by atoms with E-state index in [1.807, 2.05) is 36.4 Å². The van der Waals surface area contributed by atoms with Crippen LogP contribution < -0.4 is 4.74 Å². The quantitative estimate of drug-likeness (QED) is 0.382. The van der Waals surface area contributed by atoms with Crippen LogP contribution >= 0.6 is 0 Å². The van der Waals surface area contributed by atoms with Gasteiger partial charge >= 0.3 is 12.1 Å². The topological polar surface area (TPSA) is 97.5 Å². The first kappa shape index (κ1) is 26.8. The van der Waals surface area contributed by atoms with Crippen LogP contribution in [-0.2, 0) is 11.8 Å². The molecule has 200 valence electrons. The van der Waals surface area contributed by atoms with Gasteiger partial charge in [0, 0.05) is 36.9 Å². The molecule has 8 nitrogen and oxygen atoms in total. The van der Waals surface area contributed by atoms with Gasteiger partial charge in [0.05, 0.1) is 17.6 Å². The van der Waals surface area contributed by atoms with E-state index in [4.69, 9.17) is 14.6 Å². The summed E-state index contributed by atoms with van der Waals surface area (Å²) in [5.41, 5.74) is 1.72. The lowest BCUT2D eigenvalue weighted by Crippen LogP contribution is -2.55. The Labute approximate surface area is 212 Å². The minimum atomic E-state index is -5.08. The molecule has 1 N–H and O–H groups in total. The normalized spacial score (nSPS) is 17.1. The van der Waals surface area contributed by atoms with Gasteiger partial charge in [-0.3, -0.25) is 9.48 Å². The summed E-state index contributed by atoms with van der Waals surface area (Å²) in [5.74, 6) is -6.10. The third kappa shape index (κ3) is 5.66. The van der Waals surface area contributed by atoms with Gasteiger partial charge in [-0.15, -0.1) is 0 Å². The number of para-hydroxylation sites is 2. The van der Waals surface area contributed by atoms with E-state index in [0.29, 0.717) is 10.9 Å². The molecule has 2 aromatic carbocycles. The maximum absolute atomic E-state index is 14.7. The lowest BCUT2D eigenvalue weighted by Gasteiger charge is -2.37. The van der Waals surface area contributed by atoms with E-state index in [9.17, 15) is 26.7 Å². The first-order valence-electron chi connectivity index (χ1n) is 11.3. The van der Waals surface area contributed by atoms with Crippen LogP contribution in [0.2, 0.25) is 0 Å². The number of alkyl halides is 5. The molecule has 0 bridgehead atoms. The Bertz CT molecular complexity index is 1490. The second-order valence-electron chi connectivity index (χ2n) is 8.50. The predicted octanol–water partition coefficient (Wildman–Crippen LogP) is 4.68. The zero-order valence-electron chi connectivity index (χ0n) is 19.8. The summed E-state index contributed by atoms with van der Waals surface area (Å²) in [5, 5.41) is 13.0. The Morgan fingerprint density at radius 2 is 1.71 bits per heavy atom. The monoisotopic (exact) mass is 536 g/mol.